The van der Waals surface area contributed by atoms with Crippen molar-refractivity contribution in [3.05, 3.63) is 36.2 Å². The smallest absolute Gasteiger partial charge is 0.408 e. The molecule has 0 spiro atoms. The van der Waals surface area contributed by atoms with Crippen LogP contribution in [0.2, 0.25) is 0 Å². The molecule has 1 saturated heterocycles. The molecule has 0 unspecified atom stereocenters. The summed E-state index contributed by atoms with van der Waals surface area (Å²) in [5, 5.41) is 13.5. The van der Waals surface area contributed by atoms with E-state index in [0.29, 0.717) is 44.0 Å². The first-order valence-corrected chi connectivity index (χ1v) is 11.1. The van der Waals surface area contributed by atoms with Crippen molar-refractivity contribution in [2.24, 2.45) is 0 Å². The average Bonchev–Trinajstić information content (AvgIpc) is 3.22. The molecular weight excluding hydrogens is 469 g/mol. The number of hydrogen-bond donors (Lipinski definition) is 3. The van der Waals surface area contributed by atoms with Gasteiger partial charge in [0.25, 0.3) is 5.91 Å². The number of pyridine rings is 2. The molecule has 3 N–H and O–H groups in total. The van der Waals surface area contributed by atoms with Crippen molar-refractivity contribution >= 4 is 29.3 Å². The van der Waals surface area contributed by atoms with E-state index < -0.39 is 24.2 Å². The molecular formula is C22H25F3N6O4. The minimum atomic E-state index is -4.59. The van der Waals surface area contributed by atoms with Crippen LogP contribution in [0.25, 0.3) is 0 Å². The standard InChI is InChI=1S/C22H25F3N6O4/c1-13(22(23,24)25)27-20(33)16-3-4-17-19(28-16)31(14-6-8-30(17)12-14)21(34)29-18-11-15(5-7-26-18)35-10-2-9-32/h3-5,7,11,13-14,32H,2,6,8-10,12H2,1H3,(H,27,33)(H,26,29,34)/t13-,14+/m1/s1. The predicted molar refractivity (Wildman–Crippen MR) is 121 cm³/mol. The van der Waals surface area contributed by atoms with Gasteiger partial charge in [-0.1, -0.05) is 0 Å². The summed E-state index contributed by atoms with van der Waals surface area (Å²) in [6.45, 7) is 2.37. The van der Waals surface area contributed by atoms with Crippen molar-refractivity contribution in [3.63, 3.8) is 0 Å². The number of carbonyl (C=O) groups is 2. The van der Waals surface area contributed by atoms with Crippen LogP contribution in [0.3, 0.4) is 0 Å². The Morgan fingerprint density at radius 3 is 2.86 bits per heavy atom. The van der Waals surface area contributed by atoms with E-state index >= 15 is 0 Å². The summed E-state index contributed by atoms with van der Waals surface area (Å²) in [6, 6.07) is 3.28. The van der Waals surface area contributed by atoms with Gasteiger partial charge < -0.3 is 20.1 Å². The average molecular weight is 494 g/mol. The van der Waals surface area contributed by atoms with Gasteiger partial charge in [-0.15, -0.1) is 0 Å². The molecule has 35 heavy (non-hydrogen) atoms. The fraction of sp³-hybridized carbons (Fsp3) is 0.455. The Balaban J connectivity index is 1.56. The number of nitrogens with one attached hydrogen (secondary N) is 2. The summed E-state index contributed by atoms with van der Waals surface area (Å²) >= 11 is 0. The molecule has 4 rings (SSSR count). The molecule has 1 fully saturated rings. The Kier molecular flexibility index (Phi) is 6.96. The quantitative estimate of drug-likeness (QED) is 0.506. The van der Waals surface area contributed by atoms with Crippen LogP contribution in [0.5, 0.6) is 5.75 Å². The van der Waals surface area contributed by atoms with Gasteiger partial charge in [0.2, 0.25) is 0 Å². The van der Waals surface area contributed by atoms with E-state index in [4.69, 9.17) is 9.84 Å². The van der Waals surface area contributed by atoms with Crippen molar-refractivity contribution in [3.8, 4) is 5.75 Å². The maximum atomic E-state index is 13.3. The van der Waals surface area contributed by atoms with Crippen LogP contribution < -0.4 is 25.2 Å². The highest BCUT2D eigenvalue weighted by atomic mass is 19.4. The summed E-state index contributed by atoms with van der Waals surface area (Å²) < 4.78 is 44.1. The van der Waals surface area contributed by atoms with E-state index in [9.17, 15) is 22.8 Å². The molecule has 2 aromatic heterocycles. The van der Waals surface area contributed by atoms with E-state index in [1.807, 2.05) is 10.2 Å². The van der Waals surface area contributed by atoms with Gasteiger partial charge in [0.15, 0.2) is 5.82 Å². The number of aliphatic hydroxyl groups excluding tert-OH is 1. The first-order chi connectivity index (χ1) is 16.7. The van der Waals surface area contributed by atoms with E-state index in [-0.39, 0.29) is 30.0 Å². The van der Waals surface area contributed by atoms with Gasteiger partial charge in [-0.25, -0.2) is 14.8 Å². The Morgan fingerprint density at radius 1 is 1.31 bits per heavy atom. The fourth-order valence-corrected chi connectivity index (χ4v) is 3.94. The van der Waals surface area contributed by atoms with Crippen molar-refractivity contribution in [2.75, 3.05) is 41.4 Å². The van der Waals surface area contributed by atoms with Crippen molar-refractivity contribution < 1.29 is 32.6 Å². The number of halogens is 3. The molecule has 2 atom stereocenters. The number of ether oxygens (including phenoxy) is 1. The number of carbonyl (C=O) groups excluding carboxylic acids is 2. The number of aromatic nitrogens is 2. The summed E-state index contributed by atoms with van der Waals surface area (Å²) in [5.74, 6) is -0.101. The third-order valence-electron chi connectivity index (χ3n) is 5.78. The molecule has 188 valence electrons. The second kappa shape index (κ2) is 9.94. The van der Waals surface area contributed by atoms with Gasteiger partial charge in [-0.2, -0.15) is 13.2 Å². The number of aliphatic hydroxyl groups is 1. The molecule has 3 amide bonds. The summed E-state index contributed by atoms with van der Waals surface area (Å²) in [5.41, 5.74) is 0.390. The third-order valence-corrected chi connectivity index (χ3v) is 5.78. The number of hydrogen-bond acceptors (Lipinski definition) is 7. The molecule has 2 aliphatic rings. The monoisotopic (exact) mass is 494 g/mol. The van der Waals surface area contributed by atoms with Crippen LogP contribution in [0.1, 0.15) is 30.3 Å². The Hall–Kier alpha value is -3.61. The molecule has 4 heterocycles. The van der Waals surface area contributed by atoms with Gasteiger partial charge in [0, 0.05) is 38.4 Å². The number of amides is 3. The third kappa shape index (κ3) is 5.39. The van der Waals surface area contributed by atoms with Gasteiger partial charge in [0.1, 0.15) is 23.3 Å². The van der Waals surface area contributed by atoms with Gasteiger partial charge in [0.05, 0.1) is 18.3 Å². The lowest BCUT2D eigenvalue weighted by molar-refractivity contribution is -0.149. The second-order valence-electron chi connectivity index (χ2n) is 8.27. The zero-order valence-electron chi connectivity index (χ0n) is 18.9. The predicted octanol–water partition coefficient (Wildman–Crippen LogP) is 2.55. The number of rotatable bonds is 7. The Morgan fingerprint density at radius 2 is 2.11 bits per heavy atom. The maximum Gasteiger partial charge on any atom is 0.408 e. The van der Waals surface area contributed by atoms with Crippen LogP contribution in [-0.4, -0.2) is 71.6 Å². The molecule has 0 aromatic carbocycles. The number of nitrogens with zero attached hydrogens (tertiary/aromatic N) is 4. The van der Waals surface area contributed by atoms with E-state index in [1.165, 1.54) is 23.2 Å². The number of anilines is 3. The minimum Gasteiger partial charge on any atom is -0.493 e. The van der Waals surface area contributed by atoms with Gasteiger partial charge in [-0.3, -0.25) is 15.0 Å². The van der Waals surface area contributed by atoms with E-state index in [0.717, 1.165) is 6.92 Å². The van der Waals surface area contributed by atoms with E-state index in [2.05, 4.69) is 15.3 Å². The second-order valence-corrected chi connectivity index (χ2v) is 8.27. The highest BCUT2D eigenvalue weighted by Crippen LogP contribution is 2.39. The molecule has 0 saturated carbocycles. The molecule has 0 radical (unpaired) electrons. The van der Waals surface area contributed by atoms with Crippen molar-refractivity contribution in [1.82, 2.24) is 15.3 Å². The zero-order valence-corrected chi connectivity index (χ0v) is 18.9. The number of fused-ring (bicyclic) bond motifs is 4. The Bertz CT molecular complexity index is 1100. The molecule has 10 nitrogen and oxygen atoms in total. The molecule has 0 aliphatic carbocycles. The largest absolute Gasteiger partial charge is 0.493 e. The molecule has 2 bridgehead atoms. The lowest BCUT2D eigenvalue weighted by atomic mass is 10.1. The number of alkyl halides is 3. The fourth-order valence-electron chi connectivity index (χ4n) is 3.94. The highest BCUT2D eigenvalue weighted by Gasteiger charge is 2.41. The molecule has 13 heteroatoms. The van der Waals surface area contributed by atoms with Crippen molar-refractivity contribution in [2.45, 2.75) is 38.0 Å². The first-order valence-electron chi connectivity index (χ1n) is 11.1. The van der Waals surface area contributed by atoms with E-state index in [1.54, 1.807) is 12.1 Å². The SMILES string of the molecule is C[C@@H](NC(=O)c1ccc2c(n1)N(C(=O)Nc1cc(OCCCO)ccn1)[C@H]1CCN2C1)C(F)(F)F. The Labute approximate surface area is 199 Å². The van der Waals surface area contributed by atoms with Crippen molar-refractivity contribution in [1.29, 1.82) is 0 Å². The van der Waals surface area contributed by atoms with Crippen LogP contribution in [0, 0.1) is 0 Å². The minimum absolute atomic E-state index is 0.0103. The highest BCUT2D eigenvalue weighted by molar-refractivity contribution is 6.05. The lowest BCUT2D eigenvalue weighted by Gasteiger charge is -2.35. The van der Waals surface area contributed by atoms with Gasteiger partial charge >= 0.3 is 12.2 Å². The first kappa shape index (κ1) is 24.5. The zero-order chi connectivity index (χ0) is 25.2. The van der Waals surface area contributed by atoms with Crippen LogP contribution in [0.4, 0.5) is 35.3 Å². The molecule has 2 aliphatic heterocycles. The lowest BCUT2D eigenvalue weighted by Crippen LogP contribution is -2.49. The van der Waals surface area contributed by atoms with Crippen LogP contribution in [0.15, 0.2) is 30.5 Å². The number of urea groups is 1. The van der Waals surface area contributed by atoms with Crippen LogP contribution >= 0.6 is 0 Å². The topological polar surface area (TPSA) is 120 Å². The summed E-state index contributed by atoms with van der Waals surface area (Å²) in [7, 11) is 0. The maximum absolute atomic E-state index is 13.3. The normalized spacial score (nSPS) is 17.6. The molecule has 2 aromatic rings. The van der Waals surface area contributed by atoms with Crippen LogP contribution in [-0.2, 0) is 0 Å². The van der Waals surface area contributed by atoms with Gasteiger partial charge in [-0.05, 0) is 31.5 Å². The summed E-state index contributed by atoms with van der Waals surface area (Å²) in [4.78, 5) is 37.6. The summed E-state index contributed by atoms with van der Waals surface area (Å²) in [6.07, 6.45) is -2.01.